The van der Waals surface area contributed by atoms with E-state index in [-0.39, 0.29) is 18.6 Å². The number of nitrogens with one attached hydrogen (secondary N) is 1. The van der Waals surface area contributed by atoms with Crippen LogP contribution < -0.4 is 5.32 Å². The minimum absolute atomic E-state index is 0.00965. The van der Waals surface area contributed by atoms with Gasteiger partial charge in [-0.25, -0.2) is 4.79 Å². The molecule has 1 aromatic carbocycles. The number of hydrogen-bond acceptors (Lipinski definition) is 3. The molecule has 2 heterocycles. The van der Waals surface area contributed by atoms with E-state index in [1.165, 1.54) is 5.56 Å². The van der Waals surface area contributed by atoms with Gasteiger partial charge in [0, 0.05) is 31.7 Å². The molecule has 6 heteroatoms. The van der Waals surface area contributed by atoms with Gasteiger partial charge in [-0.2, -0.15) is 5.10 Å². The summed E-state index contributed by atoms with van der Waals surface area (Å²) in [5, 5.41) is 16.5. The molecule has 0 bridgehead atoms. The lowest BCUT2D eigenvalue weighted by Crippen LogP contribution is -2.45. The van der Waals surface area contributed by atoms with Gasteiger partial charge in [0.15, 0.2) is 0 Å². The average molecular weight is 342 g/mol. The Labute approximate surface area is 148 Å². The predicted octanol–water partition coefficient (Wildman–Crippen LogP) is 2.01. The first kappa shape index (κ1) is 17.5. The van der Waals surface area contributed by atoms with Crippen molar-refractivity contribution in [3.8, 4) is 0 Å². The number of aliphatic hydroxyl groups is 1. The van der Waals surface area contributed by atoms with Crippen LogP contribution in [0.25, 0.3) is 0 Å². The summed E-state index contributed by atoms with van der Waals surface area (Å²) in [5.74, 6) is 0.272. The van der Waals surface area contributed by atoms with Gasteiger partial charge in [-0.3, -0.25) is 4.68 Å². The van der Waals surface area contributed by atoms with Gasteiger partial charge in [-0.15, -0.1) is 0 Å². The maximum atomic E-state index is 12.4. The second-order valence-corrected chi connectivity index (χ2v) is 6.48. The molecule has 0 radical (unpaired) electrons. The van der Waals surface area contributed by atoms with Crippen LogP contribution in [0, 0.1) is 0 Å². The summed E-state index contributed by atoms with van der Waals surface area (Å²) >= 11 is 0. The molecule has 1 saturated heterocycles. The minimum Gasteiger partial charge on any atom is -0.394 e. The number of amides is 2. The third-order valence-corrected chi connectivity index (χ3v) is 4.65. The Hall–Kier alpha value is -2.34. The highest BCUT2D eigenvalue weighted by Crippen LogP contribution is 2.25. The molecule has 0 spiro atoms. The fourth-order valence-electron chi connectivity index (χ4n) is 3.30. The van der Waals surface area contributed by atoms with Crippen LogP contribution in [0.1, 0.15) is 30.0 Å². The molecule has 3 rings (SSSR count). The van der Waals surface area contributed by atoms with Crippen molar-refractivity contribution in [1.29, 1.82) is 0 Å². The van der Waals surface area contributed by atoms with Crippen molar-refractivity contribution in [3.63, 3.8) is 0 Å². The van der Waals surface area contributed by atoms with Crippen molar-refractivity contribution in [1.82, 2.24) is 20.0 Å². The molecule has 1 aromatic heterocycles. The minimum atomic E-state index is 0.00965. The molecule has 1 unspecified atom stereocenters. The first-order valence-corrected chi connectivity index (χ1v) is 8.97. The Balaban J connectivity index is 1.49. The van der Waals surface area contributed by atoms with Crippen LogP contribution in [-0.4, -0.2) is 52.1 Å². The van der Waals surface area contributed by atoms with E-state index in [0.29, 0.717) is 19.6 Å². The molecule has 2 aromatic rings. The zero-order valence-corrected chi connectivity index (χ0v) is 14.5. The van der Waals surface area contributed by atoms with Crippen LogP contribution in [0.3, 0.4) is 0 Å². The highest BCUT2D eigenvalue weighted by molar-refractivity contribution is 5.74. The topological polar surface area (TPSA) is 70.4 Å². The van der Waals surface area contributed by atoms with Crippen LogP contribution >= 0.6 is 0 Å². The second kappa shape index (κ2) is 8.67. The van der Waals surface area contributed by atoms with Gasteiger partial charge in [-0.05, 0) is 30.9 Å². The first-order valence-electron chi connectivity index (χ1n) is 8.97. The largest absolute Gasteiger partial charge is 0.394 e. The maximum absolute atomic E-state index is 12.4. The molecule has 0 aliphatic carbocycles. The Morgan fingerprint density at radius 3 is 2.92 bits per heavy atom. The molecule has 2 N–H and O–H groups in total. The maximum Gasteiger partial charge on any atom is 0.317 e. The van der Waals surface area contributed by atoms with Gasteiger partial charge in [0.1, 0.15) is 0 Å². The summed E-state index contributed by atoms with van der Waals surface area (Å²) < 4.78 is 1.76. The van der Waals surface area contributed by atoms with E-state index in [1.807, 2.05) is 35.4 Å². The van der Waals surface area contributed by atoms with Crippen LogP contribution in [0.15, 0.2) is 42.6 Å². The summed E-state index contributed by atoms with van der Waals surface area (Å²) in [6, 6.07) is 12.2. The highest BCUT2D eigenvalue weighted by atomic mass is 16.3. The zero-order valence-electron chi connectivity index (χ0n) is 14.5. The van der Waals surface area contributed by atoms with E-state index >= 15 is 0 Å². The molecule has 1 aliphatic heterocycles. The van der Waals surface area contributed by atoms with Crippen molar-refractivity contribution in [2.75, 3.05) is 26.2 Å². The molecule has 25 heavy (non-hydrogen) atoms. The van der Waals surface area contributed by atoms with Crippen LogP contribution in [0.4, 0.5) is 4.79 Å². The number of urea groups is 1. The molecule has 134 valence electrons. The number of likely N-dealkylation sites (tertiary alicyclic amines) is 1. The van der Waals surface area contributed by atoms with Crippen LogP contribution in [0.5, 0.6) is 0 Å². The smallest absolute Gasteiger partial charge is 0.317 e. The molecule has 6 nitrogen and oxygen atoms in total. The lowest BCUT2D eigenvalue weighted by molar-refractivity contribution is 0.179. The number of aromatic nitrogens is 2. The number of rotatable bonds is 6. The van der Waals surface area contributed by atoms with E-state index in [1.54, 1.807) is 4.68 Å². The fourth-order valence-corrected chi connectivity index (χ4v) is 3.30. The van der Waals surface area contributed by atoms with Gasteiger partial charge >= 0.3 is 6.03 Å². The average Bonchev–Trinajstić information content (AvgIpc) is 3.12. The molecule has 0 saturated carbocycles. The summed E-state index contributed by atoms with van der Waals surface area (Å²) in [7, 11) is 0. The molecular weight excluding hydrogens is 316 g/mol. The Kier molecular flexibility index (Phi) is 6.06. The van der Waals surface area contributed by atoms with Crippen LogP contribution in [0.2, 0.25) is 0 Å². The number of aliphatic hydroxyl groups excluding tert-OH is 1. The van der Waals surface area contributed by atoms with E-state index in [0.717, 1.165) is 31.5 Å². The van der Waals surface area contributed by atoms with E-state index in [2.05, 4.69) is 22.5 Å². The van der Waals surface area contributed by atoms with Gasteiger partial charge < -0.3 is 15.3 Å². The van der Waals surface area contributed by atoms with E-state index in [4.69, 9.17) is 5.11 Å². The number of carbonyl (C=O) groups is 1. The van der Waals surface area contributed by atoms with Crippen molar-refractivity contribution in [2.45, 2.75) is 31.7 Å². The van der Waals surface area contributed by atoms with E-state index < -0.39 is 0 Å². The standard InChI is InChI=1S/C19H26N4O2/c24-14-13-23-12-9-18(21-23)17-7-4-11-22(15-17)19(25)20-10-8-16-5-2-1-3-6-16/h1-3,5-6,9,12,17,24H,4,7-8,10-11,13-15H2,(H,20,25). The molecule has 1 fully saturated rings. The Bertz CT molecular complexity index is 671. The lowest BCUT2D eigenvalue weighted by Gasteiger charge is -2.32. The van der Waals surface area contributed by atoms with Gasteiger partial charge in [-0.1, -0.05) is 30.3 Å². The number of benzene rings is 1. The summed E-state index contributed by atoms with van der Waals surface area (Å²) in [6.07, 6.45) is 4.77. The normalized spacial score (nSPS) is 17.5. The monoisotopic (exact) mass is 342 g/mol. The summed E-state index contributed by atoms with van der Waals surface area (Å²) in [4.78, 5) is 14.3. The quantitative estimate of drug-likeness (QED) is 0.844. The SMILES string of the molecule is O=C(NCCc1ccccc1)N1CCCC(c2ccn(CCO)n2)C1. The Morgan fingerprint density at radius 1 is 1.28 bits per heavy atom. The molecular formula is C19H26N4O2. The lowest BCUT2D eigenvalue weighted by atomic mass is 9.95. The summed E-state index contributed by atoms with van der Waals surface area (Å²) in [5.41, 5.74) is 2.24. The predicted molar refractivity (Wildman–Crippen MR) is 96.4 cm³/mol. The van der Waals surface area contributed by atoms with Gasteiger partial charge in [0.25, 0.3) is 0 Å². The number of carbonyl (C=O) groups excluding carboxylic acids is 1. The van der Waals surface area contributed by atoms with Crippen molar-refractivity contribution in [2.24, 2.45) is 0 Å². The van der Waals surface area contributed by atoms with E-state index in [9.17, 15) is 4.79 Å². The number of nitrogens with zero attached hydrogens (tertiary/aromatic N) is 3. The van der Waals surface area contributed by atoms with Crippen molar-refractivity contribution in [3.05, 3.63) is 53.9 Å². The van der Waals surface area contributed by atoms with Gasteiger partial charge in [0.2, 0.25) is 0 Å². The van der Waals surface area contributed by atoms with Gasteiger partial charge in [0.05, 0.1) is 18.8 Å². The van der Waals surface area contributed by atoms with Crippen molar-refractivity contribution < 1.29 is 9.90 Å². The molecule has 1 atom stereocenters. The third-order valence-electron chi connectivity index (χ3n) is 4.65. The van der Waals surface area contributed by atoms with Crippen molar-refractivity contribution >= 4 is 6.03 Å². The third kappa shape index (κ3) is 4.82. The van der Waals surface area contributed by atoms with Crippen LogP contribution in [-0.2, 0) is 13.0 Å². The zero-order chi connectivity index (χ0) is 17.5. The Morgan fingerprint density at radius 2 is 2.12 bits per heavy atom. The summed E-state index contributed by atoms with van der Waals surface area (Å²) in [6.45, 7) is 2.74. The number of hydrogen-bond donors (Lipinski definition) is 2. The number of piperidine rings is 1. The molecule has 1 aliphatic rings. The highest BCUT2D eigenvalue weighted by Gasteiger charge is 2.26. The molecule has 2 amide bonds. The fraction of sp³-hybridized carbons (Fsp3) is 0.474. The second-order valence-electron chi connectivity index (χ2n) is 6.48. The first-order chi connectivity index (χ1) is 12.3.